The topological polar surface area (TPSA) is 69.1 Å². The highest BCUT2D eigenvalue weighted by Gasteiger charge is 2.28. The van der Waals surface area contributed by atoms with Gasteiger partial charge in [0.05, 0.1) is 0 Å². The van der Waals surface area contributed by atoms with Crippen LogP contribution in [0.4, 0.5) is 0 Å². The number of thiophene rings is 1. The lowest BCUT2D eigenvalue weighted by Gasteiger charge is -2.17. The Hall–Kier alpha value is -0.870. The normalized spacial score (nSPS) is 15.8. The molecule has 0 aliphatic rings. The first-order chi connectivity index (χ1) is 5.05. The summed E-state index contributed by atoms with van der Waals surface area (Å²) in [6, 6.07) is 3.64. The summed E-state index contributed by atoms with van der Waals surface area (Å²) in [5.74, 6) is -0.500. The van der Waals surface area contributed by atoms with Crippen molar-refractivity contribution in [1.29, 1.82) is 0 Å². The van der Waals surface area contributed by atoms with Crippen LogP contribution in [0.15, 0.2) is 17.5 Å². The number of primary amides is 1. The Bertz CT molecular complexity index is 253. The number of hydrogen-bond acceptors (Lipinski definition) is 3. The van der Waals surface area contributed by atoms with E-state index >= 15 is 0 Å². The standard InChI is InChI=1S/C7H10N2OS/c1-7(9,6(8)10)5-3-2-4-11-5/h2-4H,9H2,1H3,(H2,8,10)/t7-/m0/s1. The Morgan fingerprint density at radius 3 is 2.73 bits per heavy atom. The molecule has 0 radical (unpaired) electrons. The van der Waals surface area contributed by atoms with E-state index in [4.69, 9.17) is 11.5 Å². The molecule has 0 spiro atoms. The van der Waals surface area contributed by atoms with E-state index < -0.39 is 11.4 Å². The summed E-state index contributed by atoms with van der Waals surface area (Å²) >= 11 is 1.43. The first-order valence-electron chi connectivity index (χ1n) is 3.18. The van der Waals surface area contributed by atoms with Gasteiger partial charge in [-0.2, -0.15) is 0 Å². The first-order valence-corrected chi connectivity index (χ1v) is 4.06. The molecule has 0 fully saturated rings. The molecule has 4 heteroatoms. The van der Waals surface area contributed by atoms with Gasteiger partial charge in [-0.1, -0.05) is 6.07 Å². The van der Waals surface area contributed by atoms with E-state index in [-0.39, 0.29) is 0 Å². The van der Waals surface area contributed by atoms with Crippen LogP contribution in [0.5, 0.6) is 0 Å². The van der Waals surface area contributed by atoms with Crippen molar-refractivity contribution in [2.24, 2.45) is 11.5 Å². The van der Waals surface area contributed by atoms with Crippen molar-refractivity contribution in [2.75, 3.05) is 0 Å². The van der Waals surface area contributed by atoms with Crippen molar-refractivity contribution in [3.63, 3.8) is 0 Å². The molecule has 0 bridgehead atoms. The van der Waals surface area contributed by atoms with Gasteiger partial charge in [0.2, 0.25) is 5.91 Å². The number of rotatable bonds is 2. The van der Waals surface area contributed by atoms with Crippen LogP contribution in [0, 0.1) is 0 Å². The highest BCUT2D eigenvalue weighted by molar-refractivity contribution is 7.10. The smallest absolute Gasteiger partial charge is 0.242 e. The van der Waals surface area contributed by atoms with Crippen molar-refractivity contribution >= 4 is 17.2 Å². The van der Waals surface area contributed by atoms with E-state index in [2.05, 4.69) is 0 Å². The average Bonchev–Trinajstić information content (AvgIpc) is 2.37. The van der Waals surface area contributed by atoms with Gasteiger partial charge in [-0.15, -0.1) is 11.3 Å². The van der Waals surface area contributed by atoms with E-state index in [1.54, 1.807) is 13.0 Å². The minimum Gasteiger partial charge on any atom is -0.368 e. The molecule has 0 saturated heterocycles. The van der Waals surface area contributed by atoms with Crippen molar-refractivity contribution < 1.29 is 4.79 Å². The first kappa shape index (κ1) is 8.23. The molecule has 4 N–H and O–H groups in total. The summed E-state index contributed by atoms with van der Waals surface area (Å²) in [5, 5.41) is 1.86. The van der Waals surface area contributed by atoms with Gasteiger partial charge in [-0.05, 0) is 18.4 Å². The number of carbonyl (C=O) groups is 1. The molecule has 1 aromatic rings. The van der Waals surface area contributed by atoms with Gasteiger partial charge in [0.1, 0.15) is 5.54 Å². The molecule has 0 aliphatic carbocycles. The Balaban J connectivity index is 3.00. The molecule has 1 aromatic heterocycles. The fourth-order valence-corrected chi connectivity index (χ4v) is 1.50. The molecular weight excluding hydrogens is 160 g/mol. The van der Waals surface area contributed by atoms with Crippen molar-refractivity contribution in [1.82, 2.24) is 0 Å². The lowest BCUT2D eigenvalue weighted by molar-refractivity contribution is -0.122. The Morgan fingerprint density at radius 2 is 2.36 bits per heavy atom. The van der Waals surface area contributed by atoms with E-state index in [0.717, 1.165) is 4.88 Å². The lowest BCUT2D eigenvalue weighted by Crippen LogP contribution is -2.45. The maximum absolute atomic E-state index is 10.8. The van der Waals surface area contributed by atoms with E-state index in [1.807, 2.05) is 11.4 Å². The van der Waals surface area contributed by atoms with E-state index in [1.165, 1.54) is 11.3 Å². The van der Waals surface area contributed by atoms with Gasteiger partial charge in [0, 0.05) is 4.88 Å². The minimum absolute atomic E-state index is 0.500. The number of amides is 1. The summed E-state index contributed by atoms with van der Waals surface area (Å²) in [6.07, 6.45) is 0. The Morgan fingerprint density at radius 1 is 1.73 bits per heavy atom. The predicted molar refractivity (Wildman–Crippen MR) is 45.1 cm³/mol. The molecule has 11 heavy (non-hydrogen) atoms. The zero-order valence-corrected chi connectivity index (χ0v) is 7.02. The van der Waals surface area contributed by atoms with Crippen molar-refractivity contribution in [3.8, 4) is 0 Å². The lowest BCUT2D eigenvalue weighted by atomic mass is 10.0. The van der Waals surface area contributed by atoms with E-state index in [0.29, 0.717) is 0 Å². The summed E-state index contributed by atoms with van der Waals surface area (Å²) in [5.41, 5.74) is 9.75. The van der Waals surface area contributed by atoms with E-state index in [9.17, 15) is 4.79 Å². The summed E-state index contributed by atoms with van der Waals surface area (Å²) in [6.45, 7) is 1.61. The molecule has 0 aromatic carbocycles. The fourth-order valence-electron chi connectivity index (χ4n) is 0.695. The van der Waals surface area contributed by atoms with Gasteiger partial charge >= 0.3 is 0 Å². The zero-order valence-electron chi connectivity index (χ0n) is 6.20. The third-order valence-electron chi connectivity index (χ3n) is 1.54. The Labute approximate surface area is 69.0 Å². The molecule has 0 aliphatic heterocycles. The maximum atomic E-state index is 10.8. The van der Waals surface area contributed by atoms with Gasteiger partial charge in [0.15, 0.2) is 0 Å². The largest absolute Gasteiger partial charge is 0.368 e. The highest BCUT2D eigenvalue weighted by Crippen LogP contribution is 2.21. The molecular formula is C7H10N2OS. The van der Waals surface area contributed by atoms with Crippen LogP contribution in [-0.2, 0) is 10.3 Å². The zero-order chi connectivity index (χ0) is 8.48. The number of nitrogens with two attached hydrogens (primary N) is 2. The Kier molecular flexibility index (Phi) is 1.97. The fraction of sp³-hybridized carbons (Fsp3) is 0.286. The van der Waals surface area contributed by atoms with Crippen LogP contribution in [0.1, 0.15) is 11.8 Å². The monoisotopic (exact) mass is 170 g/mol. The summed E-state index contributed by atoms with van der Waals surface area (Å²) in [7, 11) is 0. The van der Waals surface area contributed by atoms with Crippen LogP contribution in [0.2, 0.25) is 0 Å². The molecule has 60 valence electrons. The molecule has 1 atom stereocenters. The van der Waals surface area contributed by atoms with Gasteiger partial charge < -0.3 is 11.5 Å². The van der Waals surface area contributed by atoms with Crippen molar-refractivity contribution in [2.45, 2.75) is 12.5 Å². The molecule has 1 rings (SSSR count). The quantitative estimate of drug-likeness (QED) is 0.674. The molecule has 0 saturated carbocycles. The summed E-state index contributed by atoms with van der Waals surface area (Å²) < 4.78 is 0. The van der Waals surface area contributed by atoms with Crippen LogP contribution in [-0.4, -0.2) is 5.91 Å². The molecule has 1 heterocycles. The molecule has 3 nitrogen and oxygen atoms in total. The minimum atomic E-state index is -1.02. The summed E-state index contributed by atoms with van der Waals surface area (Å²) in [4.78, 5) is 11.6. The second-order valence-corrected chi connectivity index (χ2v) is 3.49. The van der Waals surface area contributed by atoms with Crippen LogP contribution in [0.25, 0.3) is 0 Å². The van der Waals surface area contributed by atoms with Crippen LogP contribution < -0.4 is 11.5 Å². The van der Waals surface area contributed by atoms with Crippen molar-refractivity contribution in [3.05, 3.63) is 22.4 Å². The third kappa shape index (κ3) is 1.41. The SMILES string of the molecule is C[C@@](N)(C(N)=O)c1cccs1. The number of carbonyl (C=O) groups excluding carboxylic acids is 1. The van der Waals surface area contributed by atoms with Gasteiger partial charge in [0.25, 0.3) is 0 Å². The van der Waals surface area contributed by atoms with Crippen LogP contribution >= 0.6 is 11.3 Å². The maximum Gasteiger partial charge on any atom is 0.242 e. The third-order valence-corrected chi connectivity index (χ3v) is 2.65. The van der Waals surface area contributed by atoms with Gasteiger partial charge in [-0.3, -0.25) is 4.79 Å². The second kappa shape index (κ2) is 2.64. The molecule has 0 unspecified atom stereocenters. The predicted octanol–water partition coefficient (Wildman–Crippen LogP) is 0.407. The average molecular weight is 170 g/mol. The second-order valence-electron chi connectivity index (χ2n) is 2.54. The number of hydrogen-bond donors (Lipinski definition) is 2. The van der Waals surface area contributed by atoms with Gasteiger partial charge in [-0.25, -0.2) is 0 Å². The van der Waals surface area contributed by atoms with Crippen LogP contribution in [0.3, 0.4) is 0 Å². The highest BCUT2D eigenvalue weighted by atomic mass is 32.1. The molecule has 1 amide bonds.